The summed E-state index contributed by atoms with van der Waals surface area (Å²) in [5.41, 5.74) is 2.81. The van der Waals surface area contributed by atoms with E-state index in [1.807, 2.05) is 19.1 Å². The topological polar surface area (TPSA) is 138 Å². The van der Waals surface area contributed by atoms with Crippen molar-refractivity contribution in [3.05, 3.63) is 118 Å². The first-order chi connectivity index (χ1) is 29.9. The van der Waals surface area contributed by atoms with E-state index in [0.717, 1.165) is 35.4 Å². The lowest BCUT2D eigenvalue weighted by Gasteiger charge is -2.33. The van der Waals surface area contributed by atoms with Crippen LogP contribution < -0.4 is 10.6 Å². The summed E-state index contributed by atoms with van der Waals surface area (Å²) in [6.07, 6.45) is 3.44. The first-order valence-corrected chi connectivity index (χ1v) is 20.2. The van der Waals surface area contributed by atoms with Gasteiger partial charge in [-0.25, -0.2) is 32.3 Å². The number of benzene rings is 2. The molecule has 2 aliphatic rings. The molecule has 324 valence electrons. The first kappa shape index (κ1) is 42.3. The lowest BCUT2D eigenvalue weighted by atomic mass is 10.0. The number of imidazole rings is 2. The molecular weight excluding hydrogens is 811 g/mol. The van der Waals surface area contributed by atoms with E-state index in [1.54, 1.807) is 38.2 Å². The number of nitrogens with one attached hydrogen (secondary N) is 2. The van der Waals surface area contributed by atoms with Crippen LogP contribution in [0, 0.1) is 30.2 Å². The summed E-state index contributed by atoms with van der Waals surface area (Å²) in [5.74, 6) is -5.07. The highest BCUT2D eigenvalue weighted by atomic mass is 19.1. The van der Waals surface area contributed by atoms with Gasteiger partial charge in [0.25, 0.3) is 11.8 Å². The van der Waals surface area contributed by atoms with Crippen molar-refractivity contribution in [3.63, 3.8) is 0 Å². The Balaban J connectivity index is 1.00. The van der Waals surface area contributed by atoms with Crippen molar-refractivity contribution in [2.75, 3.05) is 73.2 Å². The van der Waals surface area contributed by atoms with Gasteiger partial charge in [0.2, 0.25) is 0 Å². The van der Waals surface area contributed by atoms with E-state index in [-0.39, 0.29) is 40.2 Å². The number of carbonyl (C=O) groups excluding carboxylic acids is 3. The number of morpholine rings is 1. The lowest BCUT2D eigenvalue weighted by Crippen LogP contribution is -2.48. The zero-order chi connectivity index (χ0) is 43.7. The van der Waals surface area contributed by atoms with E-state index in [1.165, 1.54) is 14.2 Å². The second-order valence-corrected chi connectivity index (χ2v) is 15.3. The Morgan fingerprint density at radius 1 is 0.710 bits per heavy atom. The number of amides is 3. The molecule has 2 aromatic carbocycles. The maximum Gasteiger partial charge on any atom is 0.409 e. The van der Waals surface area contributed by atoms with Crippen molar-refractivity contribution in [3.8, 4) is 22.5 Å². The zero-order valence-corrected chi connectivity index (χ0v) is 34.4. The summed E-state index contributed by atoms with van der Waals surface area (Å²) in [7, 11) is 2.70. The van der Waals surface area contributed by atoms with Crippen molar-refractivity contribution in [2.45, 2.75) is 26.4 Å². The van der Waals surface area contributed by atoms with Crippen molar-refractivity contribution in [1.82, 2.24) is 44.1 Å². The third kappa shape index (κ3) is 8.57. The number of fused-ring (bicyclic) bond motifs is 2. The van der Waals surface area contributed by atoms with Gasteiger partial charge in [-0.15, -0.1) is 0 Å². The molecule has 2 saturated heterocycles. The zero-order valence-electron chi connectivity index (χ0n) is 34.4. The molecule has 0 radical (unpaired) electrons. The number of piperazine rings is 1. The summed E-state index contributed by atoms with van der Waals surface area (Å²) in [5, 5.41) is 5.11. The molecule has 0 bridgehead atoms. The molecule has 0 unspecified atom stereocenters. The number of methoxy groups -OCH3 is 1. The Bertz CT molecular complexity index is 2640. The number of aromatic nitrogens is 4. The van der Waals surface area contributed by atoms with Crippen LogP contribution in [0.5, 0.6) is 0 Å². The van der Waals surface area contributed by atoms with Crippen LogP contribution in [0.15, 0.2) is 60.9 Å². The summed E-state index contributed by atoms with van der Waals surface area (Å²) in [6, 6.07) is 11.2. The number of nitrogens with zero attached hydrogens (tertiary/aromatic N) is 7. The van der Waals surface area contributed by atoms with Gasteiger partial charge in [-0.05, 0) is 73.0 Å². The first-order valence-electron chi connectivity index (χ1n) is 20.2. The maximum atomic E-state index is 16.0. The fraction of sp³-hybridized carbons (Fsp3) is 0.341. The van der Waals surface area contributed by atoms with E-state index in [2.05, 4.69) is 30.4 Å². The molecule has 4 aromatic heterocycles. The van der Waals surface area contributed by atoms with Crippen LogP contribution in [0.1, 0.15) is 43.2 Å². The number of hydrogen-bond donors (Lipinski definition) is 2. The Hall–Kier alpha value is -6.37. The molecular formula is C44H45F4N9O5. The molecule has 3 amide bonds. The average Bonchev–Trinajstić information content (AvgIpc) is 3.79. The fourth-order valence-corrected chi connectivity index (χ4v) is 8.02. The maximum absolute atomic E-state index is 16.0. The molecule has 2 fully saturated rings. The second kappa shape index (κ2) is 17.9. The van der Waals surface area contributed by atoms with Gasteiger partial charge < -0.3 is 33.8 Å². The molecule has 0 aliphatic carbocycles. The van der Waals surface area contributed by atoms with Crippen LogP contribution in [-0.2, 0) is 29.0 Å². The number of pyridine rings is 2. The van der Waals surface area contributed by atoms with Crippen LogP contribution >= 0.6 is 0 Å². The third-order valence-electron chi connectivity index (χ3n) is 11.3. The van der Waals surface area contributed by atoms with Gasteiger partial charge >= 0.3 is 6.09 Å². The number of halogens is 4. The van der Waals surface area contributed by atoms with Crippen LogP contribution in [0.3, 0.4) is 0 Å². The highest BCUT2D eigenvalue weighted by Gasteiger charge is 2.28. The van der Waals surface area contributed by atoms with Crippen molar-refractivity contribution in [1.29, 1.82) is 0 Å². The van der Waals surface area contributed by atoms with Crippen molar-refractivity contribution in [2.24, 2.45) is 0 Å². The van der Waals surface area contributed by atoms with Crippen LogP contribution in [-0.4, -0.2) is 125 Å². The number of ether oxygens (including phenoxy) is 2. The minimum atomic E-state index is -0.948. The second-order valence-electron chi connectivity index (χ2n) is 15.3. The molecule has 0 atom stereocenters. The van der Waals surface area contributed by atoms with Gasteiger partial charge in [0, 0.05) is 89.5 Å². The van der Waals surface area contributed by atoms with Gasteiger partial charge in [0.1, 0.15) is 34.6 Å². The largest absolute Gasteiger partial charge is 0.453 e. The highest BCUT2D eigenvalue weighted by Crippen LogP contribution is 2.34. The standard InChI is InChI=1S/C44H45F4N9O5/c1-26-5-8-56-34(24-53-10-12-55(13-11-53)44(60)61-3)40(51-36(56)18-26)39-32(47)22-29(23-33(39)48)43(59)50-7-4-27-6-9-57-35(25-54-14-16-62-17-15-54)41(52-37(57)19-27)38-30(45)20-28(21-31(38)46)42(58)49-2/h5-6,8-9,18-23H,4,7,10-17,24-25H2,1-3H3,(H,49,58)(H,50,59). The third-order valence-corrected chi connectivity index (χ3v) is 11.3. The predicted octanol–water partition coefficient (Wildman–Crippen LogP) is 5.23. The van der Waals surface area contributed by atoms with Gasteiger partial charge in [0.15, 0.2) is 0 Å². The highest BCUT2D eigenvalue weighted by molar-refractivity contribution is 5.95. The van der Waals surface area contributed by atoms with E-state index in [0.29, 0.717) is 94.7 Å². The molecule has 0 spiro atoms. The Morgan fingerprint density at radius 2 is 1.23 bits per heavy atom. The number of aryl methyl sites for hydroxylation is 1. The van der Waals surface area contributed by atoms with Crippen LogP contribution in [0.2, 0.25) is 0 Å². The monoisotopic (exact) mass is 855 g/mol. The SMILES string of the molecule is CNC(=O)c1cc(F)c(-c2nc3cc(CCNC(=O)c4cc(F)c(-c5nc6cc(C)ccn6c5CN5CCN(C(=O)OC)CC5)c(F)c4)ccn3c2CN2CCOCC2)c(F)c1. The summed E-state index contributed by atoms with van der Waals surface area (Å²) < 4.78 is 77.2. The molecule has 62 heavy (non-hydrogen) atoms. The number of carbonyl (C=O) groups is 3. The Morgan fingerprint density at radius 3 is 1.77 bits per heavy atom. The molecule has 6 aromatic rings. The van der Waals surface area contributed by atoms with Gasteiger partial charge in [-0.3, -0.25) is 19.4 Å². The van der Waals surface area contributed by atoms with Gasteiger partial charge in [0.05, 0.1) is 54.2 Å². The molecule has 2 aliphatic heterocycles. The minimum Gasteiger partial charge on any atom is -0.453 e. The molecule has 14 nitrogen and oxygen atoms in total. The fourth-order valence-electron chi connectivity index (χ4n) is 8.02. The lowest BCUT2D eigenvalue weighted by molar-refractivity contribution is 0.0336. The average molecular weight is 856 g/mol. The van der Waals surface area contributed by atoms with Crippen molar-refractivity contribution < 1.29 is 41.4 Å². The summed E-state index contributed by atoms with van der Waals surface area (Å²) in [4.78, 5) is 52.6. The summed E-state index contributed by atoms with van der Waals surface area (Å²) >= 11 is 0. The van der Waals surface area contributed by atoms with Crippen LogP contribution in [0.25, 0.3) is 33.8 Å². The Labute approximate surface area is 354 Å². The van der Waals surface area contributed by atoms with E-state index in [9.17, 15) is 14.4 Å². The number of rotatable bonds is 11. The minimum absolute atomic E-state index is 0.0947. The quantitative estimate of drug-likeness (QED) is 0.168. The van der Waals surface area contributed by atoms with E-state index in [4.69, 9.17) is 9.47 Å². The molecule has 8 rings (SSSR count). The van der Waals surface area contributed by atoms with Crippen LogP contribution in [0.4, 0.5) is 22.4 Å². The predicted molar refractivity (Wildman–Crippen MR) is 221 cm³/mol. The Kier molecular flexibility index (Phi) is 12.2. The smallest absolute Gasteiger partial charge is 0.409 e. The van der Waals surface area contributed by atoms with Gasteiger partial charge in [-0.1, -0.05) is 0 Å². The van der Waals surface area contributed by atoms with E-state index < -0.39 is 41.2 Å². The summed E-state index contributed by atoms with van der Waals surface area (Å²) in [6.45, 7) is 6.75. The molecule has 0 saturated carbocycles. The van der Waals surface area contributed by atoms with E-state index >= 15 is 17.6 Å². The molecule has 18 heteroatoms. The number of hydrogen-bond acceptors (Lipinski definition) is 9. The molecule has 2 N–H and O–H groups in total. The van der Waals surface area contributed by atoms with Gasteiger partial charge in [-0.2, -0.15) is 0 Å². The normalized spacial score (nSPS) is 15.0. The van der Waals surface area contributed by atoms with Crippen molar-refractivity contribution >= 4 is 29.2 Å². The molecule has 6 heterocycles.